The van der Waals surface area contributed by atoms with E-state index in [1.165, 1.54) is 0 Å². The first-order chi connectivity index (χ1) is 7.45. The second-order valence-electron chi connectivity index (χ2n) is 3.79. The molecule has 1 heterocycles. The monoisotopic (exact) mass is 232 g/mol. The predicted octanol–water partition coefficient (Wildman–Crippen LogP) is 2.61. The van der Waals surface area contributed by atoms with Crippen LogP contribution in [0.3, 0.4) is 0 Å². The van der Waals surface area contributed by atoms with Crippen molar-refractivity contribution in [2.45, 2.75) is 31.5 Å². The zero-order chi connectivity index (χ0) is 11.8. The van der Waals surface area contributed by atoms with Gasteiger partial charge in [0.15, 0.2) is 0 Å². The van der Waals surface area contributed by atoms with Crippen LogP contribution in [0.25, 0.3) is 0 Å². The van der Waals surface area contributed by atoms with Crippen LogP contribution in [0.1, 0.15) is 24.8 Å². The third-order valence-corrected chi connectivity index (χ3v) is 2.49. The van der Waals surface area contributed by atoms with Crippen LogP contribution < -0.4 is 10.5 Å². The number of anilines is 1. The number of aromatic nitrogens is 1. The lowest BCUT2D eigenvalue weighted by atomic mass is 9.96. The number of ether oxygens (including phenoxy) is 1. The number of hydrogen-bond acceptors (Lipinski definition) is 3. The van der Waals surface area contributed by atoms with Crippen molar-refractivity contribution >= 4 is 5.82 Å². The second-order valence-corrected chi connectivity index (χ2v) is 3.79. The van der Waals surface area contributed by atoms with Crippen molar-refractivity contribution in [3.63, 3.8) is 0 Å². The SMILES string of the molecule is Nc1cc(C(F)(F)F)cc(OC2CCC2)n1. The third kappa shape index (κ3) is 2.37. The molecule has 1 aliphatic carbocycles. The van der Waals surface area contributed by atoms with Gasteiger partial charge in [-0.2, -0.15) is 18.2 Å². The highest BCUT2D eigenvalue weighted by molar-refractivity contribution is 5.38. The Hall–Kier alpha value is -1.46. The largest absolute Gasteiger partial charge is 0.474 e. The summed E-state index contributed by atoms with van der Waals surface area (Å²) in [5.74, 6) is -0.221. The minimum Gasteiger partial charge on any atom is -0.474 e. The van der Waals surface area contributed by atoms with Crippen LogP contribution in [0.4, 0.5) is 19.0 Å². The summed E-state index contributed by atoms with van der Waals surface area (Å²) < 4.78 is 42.6. The summed E-state index contributed by atoms with van der Waals surface area (Å²) in [6.45, 7) is 0. The summed E-state index contributed by atoms with van der Waals surface area (Å²) in [5, 5.41) is 0. The van der Waals surface area contributed by atoms with Gasteiger partial charge in [0, 0.05) is 6.07 Å². The van der Waals surface area contributed by atoms with Gasteiger partial charge in [-0.3, -0.25) is 0 Å². The highest BCUT2D eigenvalue weighted by Gasteiger charge is 2.32. The van der Waals surface area contributed by atoms with E-state index in [4.69, 9.17) is 10.5 Å². The number of pyridine rings is 1. The van der Waals surface area contributed by atoms with E-state index in [-0.39, 0.29) is 17.8 Å². The average molecular weight is 232 g/mol. The Kier molecular flexibility index (Phi) is 2.65. The van der Waals surface area contributed by atoms with E-state index in [0.717, 1.165) is 31.4 Å². The summed E-state index contributed by atoms with van der Waals surface area (Å²) in [5.41, 5.74) is 4.48. The van der Waals surface area contributed by atoms with E-state index < -0.39 is 11.7 Å². The maximum absolute atomic E-state index is 12.4. The molecule has 2 rings (SSSR count). The molecule has 0 aromatic carbocycles. The number of nitrogen functional groups attached to an aromatic ring is 1. The lowest BCUT2D eigenvalue weighted by Crippen LogP contribution is -2.25. The van der Waals surface area contributed by atoms with Crippen molar-refractivity contribution in [2.75, 3.05) is 5.73 Å². The molecule has 0 amide bonds. The predicted molar refractivity (Wildman–Crippen MR) is 51.9 cm³/mol. The fraction of sp³-hybridized carbons (Fsp3) is 0.500. The highest BCUT2D eigenvalue weighted by atomic mass is 19.4. The maximum atomic E-state index is 12.4. The molecule has 0 atom stereocenters. The number of nitrogens with two attached hydrogens (primary N) is 1. The Morgan fingerprint density at radius 3 is 2.50 bits per heavy atom. The molecule has 0 spiro atoms. The minimum absolute atomic E-state index is 0.0182. The number of rotatable bonds is 2. The molecule has 6 heteroatoms. The first-order valence-electron chi connectivity index (χ1n) is 4.96. The standard InChI is InChI=1S/C10H11F3N2O/c11-10(12,13)6-4-8(14)15-9(5-6)16-7-2-1-3-7/h4-5,7H,1-3H2,(H2,14,15). The molecular formula is C10H11F3N2O. The van der Waals surface area contributed by atoms with Gasteiger partial charge in [0.2, 0.25) is 5.88 Å². The summed E-state index contributed by atoms with van der Waals surface area (Å²) in [7, 11) is 0. The fourth-order valence-electron chi connectivity index (χ4n) is 1.41. The molecule has 0 saturated heterocycles. The Balaban J connectivity index is 2.21. The molecule has 1 aromatic rings. The van der Waals surface area contributed by atoms with Gasteiger partial charge in [0.25, 0.3) is 0 Å². The van der Waals surface area contributed by atoms with E-state index in [0.29, 0.717) is 0 Å². The van der Waals surface area contributed by atoms with Gasteiger partial charge in [0.1, 0.15) is 11.9 Å². The van der Waals surface area contributed by atoms with E-state index >= 15 is 0 Å². The summed E-state index contributed by atoms with van der Waals surface area (Å²) in [4.78, 5) is 3.72. The van der Waals surface area contributed by atoms with Crippen molar-refractivity contribution < 1.29 is 17.9 Å². The molecular weight excluding hydrogens is 221 g/mol. The van der Waals surface area contributed by atoms with Crippen LogP contribution in [-0.2, 0) is 6.18 Å². The molecule has 2 N–H and O–H groups in total. The maximum Gasteiger partial charge on any atom is 0.416 e. The van der Waals surface area contributed by atoms with Crippen LogP contribution in [0.15, 0.2) is 12.1 Å². The summed E-state index contributed by atoms with van der Waals surface area (Å²) in [6.07, 6.45) is -1.68. The molecule has 16 heavy (non-hydrogen) atoms. The van der Waals surface area contributed by atoms with Crippen molar-refractivity contribution in [1.82, 2.24) is 4.98 Å². The first-order valence-corrected chi connectivity index (χ1v) is 4.96. The van der Waals surface area contributed by atoms with Gasteiger partial charge in [0.05, 0.1) is 5.56 Å². The molecule has 0 bridgehead atoms. The van der Waals surface area contributed by atoms with Gasteiger partial charge in [-0.25, -0.2) is 0 Å². The number of nitrogens with zero attached hydrogens (tertiary/aromatic N) is 1. The van der Waals surface area contributed by atoms with Crippen LogP contribution in [0.2, 0.25) is 0 Å². The topological polar surface area (TPSA) is 48.1 Å². The molecule has 3 nitrogen and oxygen atoms in total. The molecule has 0 radical (unpaired) electrons. The molecule has 1 fully saturated rings. The van der Waals surface area contributed by atoms with Gasteiger partial charge < -0.3 is 10.5 Å². The summed E-state index contributed by atoms with van der Waals surface area (Å²) in [6, 6.07) is 1.68. The zero-order valence-electron chi connectivity index (χ0n) is 8.42. The lowest BCUT2D eigenvalue weighted by Gasteiger charge is -2.26. The highest BCUT2D eigenvalue weighted by Crippen LogP contribution is 2.33. The molecule has 0 aliphatic heterocycles. The van der Waals surface area contributed by atoms with E-state index in [1.54, 1.807) is 0 Å². The molecule has 88 valence electrons. The molecule has 1 saturated carbocycles. The van der Waals surface area contributed by atoms with Crippen LogP contribution in [-0.4, -0.2) is 11.1 Å². The second kappa shape index (κ2) is 3.84. The van der Waals surface area contributed by atoms with Crippen LogP contribution in [0, 0.1) is 0 Å². The first kappa shape index (κ1) is 11.0. The Morgan fingerprint density at radius 1 is 1.31 bits per heavy atom. The van der Waals surface area contributed by atoms with Gasteiger partial charge in [-0.05, 0) is 25.3 Å². The van der Waals surface area contributed by atoms with Gasteiger partial charge >= 0.3 is 6.18 Å². The van der Waals surface area contributed by atoms with Crippen molar-refractivity contribution in [1.29, 1.82) is 0 Å². The molecule has 0 unspecified atom stereocenters. The summed E-state index contributed by atoms with van der Waals surface area (Å²) >= 11 is 0. The lowest BCUT2D eigenvalue weighted by molar-refractivity contribution is -0.137. The Labute approximate surface area is 90.4 Å². The number of halogens is 3. The quantitative estimate of drug-likeness (QED) is 0.852. The van der Waals surface area contributed by atoms with Gasteiger partial charge in [-0.1, -0.05) is 0 Å². The van der Waals surface area contributed by atoms with Crippen LogP contribution >= 0.6 is 0 Å². The van der Waals surface area contributed by atoms with E-state index in [1.807, 2.05) is 0 Å². The van der Waals surface area contributed by atoms with Crippen molar-refractivity contribution in [3.8, 4) is 5.88 Å². The fourth-order valence-corrected chi connectivity index (χ4v) is 1.41. The average Bonchev–Trinajstić information content (AvgIpc) is 2.09. The normalized spacial score (nSPS) is 16.9. The zero-order valence-corrected chi connectivity index (χ0v) is 8.42. The van der Waals surface area contributed by atoms with E-state index in [2.05, 4.69) is 4.98 Å². The smallest absolute Gasteiger partial charge is 0.416 e. The number of alkyl halides is 3. The molecule has 1 aromatic heterocycles. The third-order valence-electron chi connectivity index (χ3n) is 2.49. The Bertz CT molecular complexity index is 388. The van der Waals surface area contributed by atoms with Crippen LogP contribution in [0.5, 0.6) is 5.88 Å². The van der Waals surface area contributed by atoms with Gasteiger partial charge in [-0.15, -0.1) is 0 Å². The van der Waals surface area contributed by atoms with E-state index in [9.17, 15) is 13.2 Å². The van der Waals surface area contributed by atoms with Crippen molar-refractivity contribution in [3.05, 3.63) is 17.7 Å². The number of hydrogen-bond donors (Lipinski definition) is 1. The van der Waals surface area contributed by atoms with Crippen molar-refractivity contribution in [2.24, 2.45) is 0 Å². The molecule has 1 aliphatic rings. The minimum atomic E-state index is -4.42. The Morgan fingerprint density at radius 2 is 2.00 bits per heavy atom.